The molecular formula is C11H16N2O2. The highest BCUT2D eigenvalue weighted by molar-refractivity contribution is 5.87. The molecule has 0 saturated heterocycles. The Kier molecular flexibility index (Phi) is 2.50. The summed E-state index contributed by atoms with van der Waals surface area (Å²) >= 11 is 0. The lowest BCUT2D eigenvalue weighted by atomic mass is 9.87. The van der Waals surface area contributed by atoms with Crippen molar-refractivity contribution in [3.8, 4) is 0 Å². The maximum Gasteiger partial charge on any atom is 0.356 e. The average Bonchev–Trinajstić information content (AvgIpc) is 2.55. The van der Waals surface area contributed by atoms with E-state index in [2.05, 4.69) is 12.0 Å². The molecule has 2 rings (SSSR count). The second-order valence-corrected chi connectivity index (χ2v) is 4.24. The minimum absolute atomic E-state index is 0.262. The number of hydrogen-bond donors (Lipinski definition) is 1. The van der Waals surface area contributed by atoms with Crippen molar-refractivity contribution in [3.63, 3.8) is 0 Å². The quantitative estimate of drug-likeness (QED) is 0.805. The van der Waals surface area contributed by atoms with Gasteiger partial charge in [0.2, 0.25) is 0 Å². The van der Waals surface area contributed by atoms with E-state index in [4.69, 9.17) is 5.11 Å². The summed E-state index contributed by atoms with van der Waals surface area (Å²) < 4.78 is 1.84. The van der Waals surface area contributed by atoms with Crippen LogP contribution in [0.15, 0.2) is 0 Å². The van der Waals surface area contributed by atoms with Gasteiger partial charge in [-0.3, -0.25) is 4.68 Å². The van der Waals surface area contributed by atoms with Gasteiger partial charge in [0.1, 0.15) is 0 Å². The van der Waals surface area contributed by atoms with Gasteiger partial charge in [0, 0.05) is 17.8 Å². The number of carboxylic acid groups (broad SMARTS) is 1. The normalized spacial score (nSPS) is 20.0. The predicted octanol–water partition coefficient (Wildman–Crippen LogP) is 1.73. The molecule has 1 N–H and O–H groups in total. The Bertz CT molecular complexity index is 396. The van der Waals surface area contributed by atoms with E-state index in [0.29, 0.717) is 5.92 Å². The molecule has 0 saturated carbocycles. The lowest BCUT2D eigenvalue weighted by Gasteiger charge is -2.19. The highest BCUT2D eigenvalue weighted by atomic mass is 16.4. The highest BCUT2D eigenvalue weighted by Gasteiger charge is 2.26. The minimum Gasteiger partial charge on any atom is -0.476 e. The summed E-state index contributed by atoms with van der Waals surface area (Å²) in [6, 6.07) is 0. The summed E-state index contributed by atoms with van der Waals surface area (Å²) in [5, 5.41) is 13.2. The molecule has 4 nitrogen and oxygen atoms in total. The zero-order chi connectivity index (χ0) is 11.0. The first-order valence-corrected chi connectivity index (χ1v) is 5.45. The van der Waals surface area contributed by atoms with Crippen molar-refractivity contribution in [1.82, 2.24) is 9.78 Å². The second kappa shape index (κ2) is 3.68. The monoisotopic (exact) mass is 208 g/mol. The molecule has 0 fully saturated rings. The van der Waals surface area contributed by atoms with E-state index in [1.165, 1.54) is 0 Å². The SMILES string of the molecule is CCn1nc(C(=O)O)c2c1CCC(C)C2. The summed E-state index contributed by atoms with van der Waals surface area (Å²) in [6.45, 7) is 4.92. The minimum atomic E-state index is -0.896. The third-order valence-corrected chi connectivity index (χ3v) is 3.10. The Labute approximate surface area is 88.9 Å². The molecule has 0 spiro atoms. The first-order valence-electron chi connectivity index (χ1n) is 5.45. The number of aryl methyl sites for hydroxylation is 1. The van der Waals surface area contributed by atoms with Crippen LogP contribution >= 0.6 is 0 Å². The fourth-order valence-electron chi connectivity index (χ4n) is 2.30. The van der Waals surface area contributed by atoms with Gasteiger partial charge >= 0.3 is 5.97 Å². The molecule has 0 radical (unpaired) electrons. The van der Waals surface area contributed by atoms with Gasteiger partial charge in [-0.05, 0) is 32.1 Å². The van der Waals surface area contributed by atoms with Crippen LogP contribution < -0.4 is 0 Å². The van der Waals surface area contributed by atoms with Gasteiger partial charge in [0.15, 0.2) is 5.69 Å². The van der Waals surface area contributed by atoms with Crippen LogP contribution in [-0.4, -0.2) is 20.9 Å². The van der Waals surface area contributed by atoms with Crippen molar-refractivity contribution in [2.45, 2.75) is 39.7 Å². The van der Waals surface area contributed by atoms with Gasteiger partial charge in [-0.15, -0.1) is 0 Å². The number of hydrogen-bond acceptors (Lipinski definition) is 2. The van der Waals surface area contributed by atoms with E-state index < -0.39 is 5.97 Å². The van der Waals surface area contributed by atoms with E-state index in [0.717, 1.165) is 37.1 Å². The zero-order valence-corrected chi connectivity index (χ0v) is 9.16. The molecule has 1 aliphatic carbocycles. The summed E-state index contributed by atoms with van der Waals surface area (Å²) in [5.74, 6) is -0.322. The Morgan fingerprint density at radius 2 is 2.40 bits per heavy atom. The summed E-state index contributed by atoms with van der Waals surface area (Å²) in [7, 11) is 0. The highest BCUT2D eigenvalue weighted by Crippen LogP contribution is 2.27. The molecule has 0 aliphatic heterocycles. The molecule has 1 atom stereocenters. The number of rotatable bonds is 2. The smallest absolute Gasteiger partial charge is 0.356 e. The molecule has 1 aromatic rings. The van der Waals surface area contributed by atoms with Crippen LogP contribution in [0.5, 0.6) is 0 Å². The fraction of sp³-hybridized carbons (Fsp3) is 0.636. The molecular weight excluding hydrogens is 192 g/mol. The number of nitrogens with zero attached hydrogens (tertiary/aromatic N) is 2. The molecule has 15 heavy (non-hydrogen) atoms. The Morgan fingerprint density at radius 3 is 3.00 bits per heavy atom. The van der Waals surface area contributed by atoms with Crippen LogP contribution in [0, 0.1) is 5.92 Å². The van der Waals surface area contributed by atoms with Gasteiger partial charge < -0.3 is 5.11 Å². The Hall–Kier alpha value is -1.32. The standard InChI is InChI=1S/C11H16N2O2/c1-3-13-9-5-4-7(2)6-8(9)10(12-13)11(14)15/h7H,3-6H2,1-2H3,(H,14,15). The molecule has 0 bridgehead atoms. The summed E-state index contributed by atoms with van der Waals surface area (Å²) in [6.07, 6.45) is 2.96. The molecule has 0 aromatic carbocycles. The van der Waals surface area contributed by atoms with E-state index in [1.807, 2.05) is 11.6 Å². The van der Waals surface area contributed by atoms with Gasteiger partial charge in [-0.2, -0.15) is 5.10 Å². The van der Waals surface area contributed by atoms with Crippen molar-refractivity contribution < 1.29 is 9.90 Å². The molecule has 0 amide bonds. The van der Waals surface area contributed by atoms with Gasteiger partial charge in [0.05, 0.1) is 0 Å². The third-order valence-electron chi connectivity index (χ3n) is 3.10. The first-order chi connectivity index (χ1) is 7.13. The molecule has 1 heterocycles. The van der Waals surface area contributed by atoms with Crippen LogP contribution in [-0.2, 0) is 19.4 Å². The number of aromatic nitrogens is 2. The number of aromatic carboxylic acids is 1. The zero-order valence-electron chi connectivity index (χ0n) is 9.16. The van der Waals surface area contributed by atoms with Gasteiger partial charge in [-0.25, -0.2) is 4.79 Å². The van der Waals surface area contributed by atoms with Crippen molar-refractivity contribution in [3.05, 3.63) is 17.0 Å². The van der Waals surface area contributed by atoms with E-state index in [-0.39, 0.29) is 5.69 Å². The van der Waals surface area contributed by atoms with Gasteiger partial charge in [-0.1, -0.05) is 6.92 Å². The molecule has 4 heteroatoms. The molecule has 1 aromatic heterocycles. The largest absolute Gasteiger partial charge is 0.476 e. The summed E-state index contributed by atoms with van der Waals surface area (Å²) in [4.78, 5) is 11.0. The van der Waals surface area contributed by atoms with Crippen molar-refractivity contribution >= 4 is 5.97 Å². The van der Waals surface area contributed by atoms with E-state index in [9.17, 15) is 4.79 Å². The Morgan fingerprint density at radius 1 is 1.67 bits per heavy atom. The lowest BCUT2D eigenvalue weighted by Crippen LogP contribution is -2.14. The van der Waals surface area contributed by atoms with E-state index >= 15 is 0 Å². The molecule has 82 valence electrons. The van der Waals surface area contributed by atoms with E-state index in [1.54, 1.807) is 0 Å². The Balaban J connectivity index is 2.50. The van der Waals surface area contributed by atoms with Crippen molar-refractivity contribution in [2.75, 3.05) is 0 Å². The van der Waals surface area contributed by atoms with Gasteiger partial charge in [0.25, 0.3) is 0 Å². The van der Waals surface area contributed by atoms with Crippen molar-refractivity contribution in [2.24, 2.45) is 5.92 Å². The molecule has 1 aliphatic rings. The van der Waals surface area contributed by atoms with Crippen molar-refractivity contribution in [1.29, 1.82) is 0 Å². The first kappa shape index (κ1) is 10.2. The average molecular weight is 208 g/mol. The number of fused-ring (bicyclic) bond motifs is 1. The molecule has 1 unspecified atom stereocenters. The van der Waals surface area contributed by atoms with Crippen LogP contribution in [0.25, 0.3) is 0 Å². The number of carbonyl (C=O) groups is 1. The third kappa shape index (κ3) is 1.64. The maximum atomic E-state index is 11.0. The number of carboxylic acids is 1. The fourth-order valence-corrected chi connectivity index (χ4v) is 2.30. The van der Waals surface area contributed by atoms with Crippen LogP contribution in [0.2, 0.25) is 0 Å². The second-order valence-electron chi connectivity index (χ2n) is 4.24. The summed E-state index contributed by atoms with van der Waals surface area (Å²) in [5.41, 5.74) is 2.36. The van der Waals surface area contributed by atoms with Crippen LogP contribution in [0.1, 0.15) is 42.0 Å². The predicted molar refractivity (Wildman–Crippen MR) is 56.0 cm³/mol. The maximum absolute atomic E-state index is 11.0. The topological polar surface area (TPSA) is 55.1 Å². The van der Waals surface area contributed by atoms with Crippen LogP contribution in [0.3, 0.4) is 0 Å². The lowest BCUT2D eigenvalue weighted by molar-refractivity contribution is 0.0688. The van der Waals surface area contributed by atoms with Crippen LogP contribution in [0.4, 0.5) is 0 Å².